The van der Waals surface area contributed by atoms with Gasteiger partial charge in [0.15, 0.2) is 18.1 Å². The third-order valence-electron chi connectivity index (χ3n) is 4.31. The zero-order valence-electron chi connectivity index (χ0n) is 14.3. The Kier molecular flexibility index (Phi) is 4.72. The Balaban J connectivity index is 1.33. The van der Waals surface area contributed by atoms with Crippen molar-refractivity contribution >= 4 is 17.5 Å². The van der Waals surface area contributed by atoms with Crippen molar-refractivity contribution < 1.29 is 19.0 Å². The van der Waals surface area contributed by atoms with Gasteiger partial charge in [-0.1, -0.05) is 0 Å². The maximum atomic E-state index is 12.1. The normalized spacial score (nSPS) is 15.6. The topological polar surface area (TPSA) is 85.8 Å². The summed E-state index contributed by atoms with van der Waals surface area (Å²) in [7, 11) is 0. The van der Waals surface area contributed by atoms with Gasteiger partial charge in [-0.3, -0.25) is 4.79 Å². The van der Waals surface area contributed by atoms with Crippen molar-refractivity contribution in [3.8, 4) is 17.2 Å². The molecule has 2 aliphatic rings. The predicted molar refractivity (Wildman–Crippen MR) is 94.8 cm³/mol. The van der Waals surface area contributed by atoms with Crippen molar-refractivity contribution in [3.05, 3.63) is 30.6 Å². The van der Waals surface area contributed by atoms with Crippen molar-refractivity contribution in [1.29, 1.82) is 0 Å². The largest absolute Gasteiger partial charge is 0.484 e. The number of hydrogen-bond donors (Lipinski definition) is 1. The second kappa shape index (κ2) is 7.47. The van der Waals surface area contributed by atoms with Gasteiger partial charge in [-0.15, -0.1) is 0 Å². The Morgan fingerprint density at radius 3 is 2.85 bits per heavy atom. The Bertz CT molecular complexity index is 793. The van der Waals surface area contributed by atoms with Crippen LogP contribution >= 0.6 is 0 Å². The molecule has 0 aliphatic carbocycles. The summed E-state index contributed by atoms with van der Waals surface area (Å²) in [6.45, 7) is 2.05. The van der Waals surface area contributed by atoms with Gasteiger partial charge >= 0.3 is 0 Å². The summed E-state index contributed by atoms with van der Waals surface area (Å²) in [5.74, 6) is 2.86. The molecule has 0 atom stereocenters. The Hall–Kier alpha value is -3.03. The number of anilines is 2. The molecule has 3 heterocycles. The van der Waals surface area contributed by atoms with Crippen LogP contribution in [0.4, 0.5) is 11.6 Å². The Labute approximate surface area is 151 Å². The van der Waals surface area contributed by atoms with E-state index >= 15 is 0 Å². The lowest BCUT2D eigenvalue weighted by Crippen LogP contribution is -2.30. The molecule has 1 aromatic carbocycles. The van der Waals surface area contributed by atoms with E-state index < -0.39 is 0 Å². The first-order chi connectivity index (χ1) is 12.8. The van der Waals surface area contributed by atoms with Crippen LogP contribution in [0.25, 0.3) is 0 Å². The van der Waals surface area contributed by atoms with Crippen molar-refractivity contribution in [2.45, 2.75) is 19.3 Å². The van der Waals surface area contributed by atoms with Gasteiger partial charge < -0.3 is 24.4 Å². The van der Waals surface area contributed by atoms with E-state index in [9.17, 15) is 4.79 Å². The van der Waals surface area contributed by atoms with Gasteiger partial charge in [0.05, 0.1) is 0 Å². The molecule has 2 aliphatic heterocycles. The van der Waals surface area contributed by atoms with E-state index in [1.165, 1.54) is 12.7 Å². The van der Waals surface area contributed by atoms with Crippen molar-refractivity contribution in [3.63, 3.8) is 0 Å². The average Bonchev–Trinajstić information content (AvgIpc) is 3.15. The summed E-state index contributed by atoms with van der Waals surface area (Å²) in [6.07, 6.45) is 5.05. The van der Waals surface area contributed by atoms with Gasteiger partial charge in [0.1, 0.15) is 23.7 Å². The molecule has 1 N–H and O–H groups in total. The minimum atomic E-state index is -0.286. The second-order valence-electron chi connectivity index (χ2n) is 6.16. The van der Waals surface area contributed by atoms with Crippen LogP contribution in [0.1, 0.15) is 19.3 Å². The highest BCUT2D eigenvalue weighted by atomic mass is 16.7. The highest BCUT2D eigenvalue weighted by Gasteiger charge is 2.15. The molecule has 0 saturated carbocycles. The molecule has 4 rings (SSSR count). The molecule has 1 aromatic heterocycles. The fraction of sp³-hybridized carbons (Fsp3) is 0.389. The Morgan fingerprint density at radius 1 is 1.12 bits per heavy atom. The highest BCUT2D eigenvalue weighted by Crippen LogP contribution is 2.35. The molecule has 26 heavy (non-hydrogen) atoms. The summed E-state index contributed by atoms with van der Waals surface area (Å²) in [6, 6.07) is 6.99. The number of ether oxygens (including phenoxy) is 3. The highest BCUT2D eigenvalue weighted by molar-refractivity contribution is 5.91. The number of piperidine rings is 1. The molecule has 8 heteroatoms. The van der Waals surface area contributed by atoms with E-state index in [-0.39, 0.29) is 19.3 Å². The van der Waals surface area contributed by atoms with Crippen LogP contribution in [0.15, 0.2) is 30.6 Å². The van der Waals surface area contributed by atoms with E-state index in [1.54, 1.807) is 24.3 Å². The molecule has 1 amide bonds. The number of nitrogens with one attached hydrogen (secondary N) is 1. The third kappa shape index (κ3) is 3.79. The fourth-order valence-electron chi connectivity index (χ4n) is 3.01. The lowest BCUT2D eigenvalue weighted by Gasteiger charge is -2.27. The summed E-state index contributed by atoms with van der Waals surface area (Å²) in [4.78, 5) is 22.8. The van der Waals surface area contributed by atoms with Gasteiger partial charge in [-0.05, 0) is 31.4 Å². The molecule has 8 nitrogen and oxygen atoms in total. The zero-order chi connectivity index (χ0) is 17.8. The van der Waals surface area contributed by atoms with E-state index in [0.717, 1.165) is 31.7 Å². The van der Waals surface area contributed by atoms with Crippen LogP contribution in [-0.2, 0) is 4.79 Å². The van der Waals surface area contributed by atoms with Crippen molar-refractivity contribution in [1.82, 2.24) is 9.97 Å². The minimum Gasteiger partial charge on any atom is -0.484 e. The molecule has 136 valence electrons. The summed E-state index contributed by atoms with van der Waals surface area (Å²) >= 11 is 0. The number of carbonyl (C=O) groups is 1. The van der Waals surface area contributed by atoms with Crippen LogP contribution in [0.2, 0.25) is 0 Å². The second-order valence-corrected chi connectivity index (χ2v) is 6.16. The summed E-state index contributed by atoms with van der Waals surface area (Å²) in [5, 5.41) is 2.75. The molecule has 0 spiro atoms. The van der Waals surface area contributed by atoms with E-state index in [4.69, 9.17) is 14.2 Å². The van der Waals surface area contributed by atoms with Crippen LogP contribution in [0.3, 0.4) is 0 Å². The molecule has 1 saturated heterocycles. The quantitative estimate of drug-likeness (QED) is 0.879. The molecular formula is C18H20N4O4. The first-order valence-corrected chi connectivity index (χ1v) is 8.67. The molecule has 0 radical (unpaired) electrons. The lowest BCUT2D eigenvalue weighted by atomic mass is 10.1. The molecule has 2 aromatic rings. The molecule has 0 bridgehead atoms. The fourth-order valence-corrected chi connectivity index (χ4v) is 3.01. The number of amides is 1. The molecule has 1 fully saturated rings. The maximum absolute atomic E-state index is 12.1. The first-order valence-electron chi connectivity index (χ1n) is 8.67. The number of aromatic nitrogens is 2. The number of rotatable bonds is 5. The smallest absolute Gasteiger partial charge is 0.263 e. The number of nitrogens with zero attached hydrogens (tertiary/aromatic N) is 3. The van der Waals surface area contributed by atoms with Gasteiger partial charge in [0, 0.05) is 25.2 Å². The Morgan fingerprint density at radius 2 is 1.96 bits per heavy atom. The monoisotopic (exact) mass is 356 g/mol. The van der Waals surface area contributed by atoms with Crippen molar-refractivity contribution in [2.24, 2.45) is 0 Å². The number of carbonyl (C=O) groups excluding carboxylic acids is 1. The summed E-state index contributed by atoms with van der Waals surface area (Å²) in [5.41, 5.74) is 0. The average molecular weight is 356 g/mol. The SMILES string of the molecule is O=C(COc1ccc2c(c1)OCO2)Nc1cc(N2CCCCC2)ncn1. The van der Waals surface area contributed by atoms with Crippen LogP contribution in [0.5, 0.6) is 17.2 Å². The van der Waals surface area contributed by atoms with Crippen molar-refractivity contribution in [2.75, 3.05) is 36.7 Å². The van der Waals surface area contributed by atoms with Gasteiger partial charge in [0.2, 0.25) is 6.79 Å². The predicted octanol–water partition coefficient (Wildman–Crippen LogP) is 2.21. The summed E-state index contributed by atoms with van der Waals surface area (Å²) < 4.78 is 16.0. The number of benzene rings is 1. The van der Waals surface area contributed by atoms with Gasteiger partial charge in [0.25, 0.3) is 5.91 Å². The zero-order valence-corrected chi connectivity index (χ0v) is 14.3. The van der Waals surface area contributed by atoms with Crippen LogP contribution in [-0.4, -0.2) is 42.4 Å². The maximum Gasteiger partial charge on any atom is 0.263 e. The third-order valence-corrected chi connectivity index (χ3v) is 4.31. The van der Waals surface area contributed by atoms with Crippen LogP contribution < -0.4 is 24.4 Å². The lowest BCUT2D eigenvalue weighted by molar-refractivity contribution is -0.118. The van der Waals surface area contributed by atoms with Gasteiger partial charge in [-0.2, -0.15) is 0 Å². The number of fused-ring (bicyclic) bond motifs is 1. The molecular weight excluding hydrogens is 336 g/mol. The first kappa shape index (κ1) is 16.4. The standard InChI is InChI=1S/C18H20N4O4/c23-18(10-24-13-4-5-14-15(8-13)26-12-25-14)21-16-9-17(20-11-19-16)22-6-2-1-3-7-22/h4-5,8-9,11H,1-3,6-7,10,12H2,(H,19,20,21,23). The van der Waals surface area contributed by atoms with E-state index in [1.807, 2.05) is 0 Å². The minimum absolute atomic E-state index is 0.122. The molecule has 0 unspecified atom stereocenters. The van der Waals surface area contributed by atoms with E-state index in [0.29, 0.717) is 23.1 Å². The van der Waals surface area contributed by atoms with Gasteiger partial charge in [-0.25, -0.2) is 9.97 Å². The van der Waals surface area contributed by atoms with Crippen LogP contribution in [0, 0.1) is 0 Å². The number of hydrogen-bond acceptors (Lipinski definition) is 7. The van der Waals surface area contributed by atoms with E-state index in [2.05, 4.69) is 20.2 Å².